The summed E-state index contributed by atoms with van der Waals surface area (Å²) in [7, 11) is 0. The minimum Gasteiger partial charge on any atom is -0.314 e. The summed E-state index contributed by atoms with van der Waals surface area (Å²) in [5, 5.41) is 3.46. The lowest BCUT2D eigenvalue weighted by atomic mass is 9.94. The second-order valence-corrected chi connectivity index (χ2v) is 7.21. The molecule has 0 bridgehead atoms. The Morgan fingerprint density at radius 3 is 2.45 bits per heavy atom. The van der Waals surface area contributed by atoms with E-state index in [0.717, 1.165) is 18.0 Å². The first-order chi connectivity index (χ1) is 9.86. The van der Waals surface area contributed by atoms with Gasteiger partial charge in [-0.2, -0.15) is 0 Å². The topological polar surface area (TPSA) is 18.5 Å². The average Bonchev–Trinajstić information content (AvgIpc) is 2.65. The molecule has 0 radical (unpaired) electrons. The van der Waals surface area contributed by atoms with Gasteiger partial charge in [-0.3, -0.25) is 9.80 Å². The fourth-order valence-corrected chi connectivity index (χ4v) is 4.49. The molecule has 0 spiro atoms. The maximum absolute atomic E-state index is 3.46. The fourth-order valence-electron chi connectivity index (χ4n) is 4.49. The van der Waals surface area contributed by atoms with Crippen molar-refractivity contribution in [1.29, 1.82) is 0 Å². The molecule has 0 amide bonds. The van der Waals surface area contributed by atoms with Crippen LogP contribution in [-0.2, 0) is 0 Å². The fraction of sp³-hybridized carbons (Fsp3) is 1.00. The second kappa shape index (κ2) is 7.24. The van der Waals surface area contributed by atoms with Crippen LogP contribution < -0.4 is 5.32 Å². The van der Waals surface area contributed by atoms with E-state index in [2.05, 4.69) is 22.0 Å². The second-order valence-electron chi connectivity index (χ2n) is 7.21. The van der Waals surface area contributed by atoms with Crippen molar-refractivity contribution >= 4 is 0 Å². The summed E-state index contributed by atoms with van der Waals surface area (Å²) < 4.78 is 0. The number of likely N-dealkylation sites (tertiary alicyclic amines) is 1. The molecule has 0 aromatic heterocycles. The smallest absolute Gasteiger partial charge is 0.0351 e. The lowest BCUT2D eigenvalue weighted by molar-refractivity contribution is -0.00461. The summed E-state index contributed by atoms with van der Waals surface area (Å²) in [6.45, 7) is 9.96. The van der Waals surface area contributed by atoms with E-state index in [0.29, 0.717) is 0 Å². The highest BCUT2D eigenvalue weighted by atomic mass is 15.3. The Hall–Kier alpha value is -0.120. The normalized spacial score (nSPS) is 34.6. The van der Waals surface area contributed by atoms with Gasteiger partial charge in [0.15, 0.2) is 0 Å². The molecule has 2 unspecified atom stereocenters. The van der Waals surface area contributed by atoms with Crippen LogP contribution >= 0.6 is 0 Å². The summed E-state index contributed by atoms with van der Waals surface area (Å²) in [5.74, 6) is 1.04. The molecule has 3 aliphatic rings. The molecule has 3 fully saturated rings. The Bertz CT molecular complexity index is 282. The van der Waals surface area contributed by atoms with E-state index in [1.165, 1.54) is 84.2 Å². The predicted octanol–water partition coefficient (Wildman–Crippen LogP) is 2.32. The van der Waals surface area contributed by atoms with Crippen LogP contribution in [0, 0.1) is 5.92 Å². The van der Waals surface area contributed by atoms with Gasteiger partial charge in [-0.25, -0.2) is 0 Å². The molecule has 2 heterocycles. The van der Waals surface area contributed by atoms with E-state index >= 15 is 0 Å². The van der Waals surface area contributed by atoms with E-state index < -0.39 is 0 Å². The zero-order chi connectivity index (χ0) is 13.8. The van der Waals surface area contributed by atoms with Crippen LogP contribution in [0.3, 0.4) is 0 Å². The molecular weight excluding hydrogens is 246 g/mol. The molecule has 1 saturated carbocycles. The molecule has 1 N–H and O–H groups in total. The van der Waals surface area contributed by atoms with Gasteiger partial charge in [-0.15, -0.1) is 0 Å². The predicted molar refractivity (Wildman–Crippen MR) is 85.1 cm³/mol. The largest absolute Gasteiger partial charge is 0.314 e. The molecule has 2 aliphatic heterocycles. The summed E-state index contributed by atoms with van der Waals surface area (Å²) >= 11 is 0. The van der Waals surface area contributed by atoms with Gasteiger partial charge in [0.25, 0.3) is 0 Å². The van der Waals surface area contributed by atoms with Gasteiger partial charge in [0, 0.05) is 51.4 Å². The molecule has 2 saturated heterocycles. The van der Waals surface area contributed by atoms with Crippen molar-refractivity contribution in [3.05, 3.63) is 0 Å². The number of nitrogens with one attached hydrogen (secondary N) is 1. The molecule has 2 atom stereocenters. The molecule has 3 nitrogen and oxygen atoms in total. The van der Waals surface area contributed by atoms with E-state index in [-0.39, 0.29) is 0 Å². The molecule has 20 heavy (non-hydrogen) atoms. The van der Waals surface area contributed by atoms with Crippen molar-refractivity contribution in [2.24, 2.45) is 5.92 Å². The molecule has 0 aromatic rings. The van der Waals surface area contributed by atoms with Gasteiger partial charge in [0.2, 0.25) is 0 Å². The number of hydrogen-bond acceptors (Lipinski definition) is 3. The van der Waals surface area contributed by atoms with Crippen LogP contribution in [0.4, 0.5) is 0 Å². The Labute approximate surface area is 125 Å². The van der Waals surface area contributed by atoms with E-state index in [4.69, 9.17) is 0 Å². The van der Waals surface area contributed by atoms with Crippen LogP contribution in [0.5, 0.6) is 0 Å². The molecule has 1 aliphatic carbocycles. The third-order valence-electron chi connectivity index (χ3n) is 5.83. The Balaban J connectivity index is 1.40. The zero-order valence-corrected chi connectivity index (χ0v) is 13.3. The lowest BCUT2D eigenvalue weighted by Crippen LogP contribution is -2.64. The number of piperazine rings is 1. The van der Waals surface area contributed by atoms with E-state index in [1.807, 2.05) is 0 Å². The molecule has 3 rings (SSSR count). The maximum atomic E-state index is 3.46. The highest BCUT2D eigenvalue weighted by Crippen LogP contribution is 2.31. The first-order valence-electron chi connectivity index (χ1n) is 9.05. The zero-order valence-electron chi connectivity index (χ0n) is 13.3. The van der Waals surface area contributed by atoms with Crippen LogP contribution in [0.25, 0.3) is 0 Å². The van der Waals surface area contributed by atoms with Crippen LogP contribution in [0.15, 0.2) is 0 Å². The Morgan fingerprint density at radius 2 is 1.70 bits per heavy atom. The molecule has 3 heteroatoms. The van der Waals surface area contributed by atoms with Crippen molar-refractivity contribution in [1.82, 2.24) is 15.1 Å². The van der Waals surface area contributed by atoms with Crippen molar-refractivity contribution in [3.63, 3.8) is 0 Å². The highest BCUT2D eigenvalue weighted by molar-refractivity contribution is 4.93. The van der Waals surface area contributed by atoms with Gasteiger partial charge in [-0.1, -0.05) is 32.6 Å². The lowest BCUT2D eigenvalue weighted by Gasteiger charge is -2.50. The Morgan fingerprint density at radius 1 is 0.900 bits per heavy atom. The van der Waals surface area contributed by atoms with E-state index in [9.17, 15) is 0 Å². The van der Waals surface area contributed by atoms with E-state index in [1.54, 1.807) is 0 Å². The summed E-state index contributed by atoms with van der Waals surface area (Å²) in [4.78, 5) is 5.50. The number of hydrogen-bond donors (Lipinski definition) is 1. The first kappa shape index (κ1) is 14.8. The SMILES string of the molecule is CCCC1CCCC(N2CC(N3CCNCC3)C2)CC1. The van der Waals surface area contributed by atoms with Gasteiger partial charge >= 0.3 is 0 Å². The first-order valence-corrected chi connectivity index (χ1v) is 9.05. The van der Waals surface area contributed by atoms with Gasteiger partial charge in [-0.05, 0) is 25.2 Å². The summed E-state index contributed by atoms with van der Waals surface area (Å²) in [6.07, 6.45) is 10.3. The van der Waals surface area contributed by atoms with Crippen LogP contribution in [0.1, 0.15) is 51.9 Å². The Kier molecular flexibility index (Phi) is 5.36. The monoisotopic (exact) mass is 279 g/mol. The molecule has 116 valence electrons. The summed E-state index contributed by atoms with van der Waals surface area (Å²) in [6, 6.07) is 1.78. The van der Waals surface area contributed by atoms with Crippen LogP contribution in [0.2, 0.25) is 0 Å². The standard InChI is InChI=1S/C17H33N3/c1-2-4-15-5-3-6-16(8-7-15)20-13-17(14-20)19-11-9-18-10-12-19/h15-18H,2-14H2,1H3. The van der Waals surface area contributed by atoms with Crippen LogP contribution in [-0.4, -0.2) is 61.2 Å². The van der Waals surface area contributed by atoms with Crippen molar-refractivity contribution < 1.29 is 0 Å². The number of nitrogens with zero attached hydrogens (tertiary/aromatic N) is 2. The summed E-state index contributed by atoms with van der Waals surface area (Å²) in [5.41, 5.74) is 0. The highest BCUT2D eigenvalue weighted by Gasteiger charge is 2.36. The third kappa shape index (κ3) is 3.55. The van der Waals surface area contributed by atoms with Crippen molar-refractivity contribution in [2.45, 2.75) is 64.0 Å². The maximum Gasteiger partial charge on any atom is 0.0351 e. The quantitative estimate of drug-likeness (QED) is 0.797. The molecular formula is C17H33N3. The minimum atomic E-state index is 0.867. The van der Waals surface area contributed by atoms with Crippen molar-refractivity contribution in [2.75, 3.05) is 39.3 Å². The van der Waals surface area contributed by atoms with Crippen molar-refractivity contribution in [3.8, 4) is 0 Å². The van der Waals surface area contributed by atoms with Gasteiger partial charge in [0.05, 0.1) is 0 Å². The van der Waals surface area contributed by atoms with Gasteiger partial charge < -0.3 is 5.32 Å². The molecule has 0 aromatic carbocycles. The minimum absolute atomic E-state index is 0.867. The third-order valence-corrected chi connectivity index (χ3v) is 5.83. The number of rotatable bonds is 4. The van der Waals surface area contributed by atoms with Gasteiger partial charge in [0.1, 0.15) is 0 Å². The average molecular weight is 279 g/mol.